The third-order valence-electron chi connectivity index (χ3n) is 2.49. The van der Waals surface area contributed by atoms with E-state index in [9.17, 15) is 8.42 Å². The molecule has 1 aromatic heterocycles. The molecule has 1 rings (SSSR count). The largest absolute Gasteiger partial charge is 0.472 e. The van der Waals surface area contributed by atoms with Crippen LogP contribution < -0.4 is 11.3 Å². The lowest BCUT2D eigenvalue weighted by molar-refractivity contribution is 0.490. The molecule has 0 spiro atoms. The topological polar surface area (TPSA) is 85.3 Å². The van der Waals surface area contributed by atoms with Crippen LogP contribution >= 0.6 is 0 Å². The van der Waals surface area contributed by atoms with Gasteiger partial charge in [0.05, 0.1) is 17.8 Å². The summed E-state index contributed by atoms with van der Waals surface area (Å²) < 4.78 is 27.6. The smallest absolute Gasteiger partial charge is 0.151 e. The van der Waals surface area contributed by atoms with Gasteiger partial charge < -0.3 is 4.42 Å². The van der Waals surface area contributed by atoms with Crippen molar-refractivity contribution in [3.05, 3.63) is 24.2 Å². The van der Waals surface area contributed by atoms with E-state index in [2.05, 4.69) is 5.43 Å². The quantitative estimate of drug-likeness (QED) is 0.555. The molecule has 2 unspecified atom stereocenters. The molecule has 6 heteroatoms. The van der Waals surface area contributed by atoms with Crippen LogP contribution in [0.5, 0.6) is 0 Å². The van der Waals surface area contributed by atoms with E-state index < -0.39 is 15.1 Å². The van der Waals surface area contributed by atoms with E-state index in [0.717, 1.165) is 5.56 Å². The lowest BCUT2D eigenvalue weighted by Crippen LogP contribution is -2.47. The predicted octanol–water partition coefficient (Wildman–Crippen LogP) is 0.0871. The van der Waals surface area contributed by atoms with Gasteiger partial charge in [0.1, 0.15) is 0 Å². The fourth-order valence-electron chi connectivity index (χ4n) is 1.32. The molecule has 3 N–H and O–H groups in total. The molecule has 1 aromatic rings. The molecular formula is C9H16N2O3S. The molecule has 2 atom stereocenters. The molecule has 86 valence electrons. The maximum absolute atomic E-state index is 11.3. The molecule has 0 bridgehead atoms. The van der Waals surface area contributed by atoms with E-state index in [1.165, 1.54) is 6.26 Å². The molecule has 1 heterocycles. The summed E-state index contributed by atoms with van der Waals surface area (Å²) in [5.41, 5.74) is 3.45. The number of hydrogen-bond donors (Lipinski definition) is 2. The highest BCUT2D eigenvalue weighted by Crippen LogP contribution is 2.11. The zero-order valence-electron chi connectivity index (χ0n) is 8.80. The van der Waals surface area contributed by atoms with Crippen molar-refractivity contribution in [3.63, 3.8) is 0 Å². The fraction of sp³-hybridized carbons (Fsp3) is 0.556. The lowest BCUT2D eigenvalue weighted by Gasteiger charge is -2.20. The minimum atomic E-state index is -3.09. The normalized spacial score (nSPS) is 16.2. The Morgan fingerprint density at radius 1 is 1.60 bits per heavy atom. The summed E-state index contributed by atoms with van der Waals surface area (Å²) in [6.45, 7) is 1.64. The average Bonchev–Trinajstić information content (AvgIpc) is 2.64. The molecule has 0 aliphatic carbocycles. The summed E-state index contributed by atoms with van der Waals surface area (Å²) in [6.07, 6.45) is 4.87. The van der Waals surface area contributed by atoms with E-state index in [1.54, 1.807) is 25.5 Å². The van der Waals surface area contributed by atoms with Gasteiger partial charge in [-0.25, -0.2) is 8.42 Å². The van der Waals surface area contributed by atoms with Crippen LogP contribution in [0.4, 0.5) is 0 Å². The van der Waals surface area contributed by atoms with E-state index in [-0.39, 0.29) is 6.04 Å². The number of nitrogens with one attached hydrogen (secondary N) is 1. The van der Waals surface area contributed by atoms with Gasteiger partial charge in [0.15, 0.2) is 9.84 Å². The number of hydrogen-bond acceptors (Lipinski definition) is 5. The van der Waals surface area contributed by atoms with Crippen molar-refractivity contribution >= 4 is 9.84 Å². The molecule has 0 aromatic carbocycles. The first-order valence-electron chi connectivity index (χ1n) is 4.61. The first-order valence-corrected chi connectivity index (χ1v) is 6.56. The fourth-order valence-corrected chi connectivity index (χ4v) is 2.09. The Morgan fingerprint density at radius 3 is 2.67 bits per heavy atom. The van der Waals surface area contributed by atoms with Gasteiger partial charge in [0.25, 0.3) is 0 Å². The van der Waals surface area contributed by atoms with Crippen LogP contribution in [-0.4, -0.2) is 26.0 Å². The Labute approximate surface area is 89.5 Å². The SMILES string of the molecule is CC(C(Cc1ccoc1)NN)S(C)(=O)=O. The number of nitrogens with two attached hydrogens (primary N) is 1. The van der Waals surface area contributed by atoms with Crippen LogP contribution in [0.25, 0.3) is 0 Å². The van der Waals surface area contributed by atoms with E-state index in [4.69, 9.17) is 10.3 Å². The number of furan rings is 1. The van der Waals surface area contributed by atoms with Gasteiger partial charge in [-0.2, -0.15) is 0 Å². The first kappa shape index (κ1) is 12.2. The third kappa shape index (κ3) is 3.33. The van der Waals surface area contributed by atoms with Gasteiger partial charge in [0.2, 0.25) is 0 Å². The maximum atomic E-state index is 11.3. The van der Waals surface area contributed by atoms with Crippen LogP contribution in [0.15, 0.2) is 23.0 Å². The van der Waals surface area contributed by atoms with Crippen molar-refractivity contribution in [1.29, 1.82) is 0 Å². The van der Waals surface area contributed by atoms with Crippen LogP contribution in [0.3, 0.4) is 0 Å². The molecular weight excluding hydrogens is 216 g/mol. The monoisotopic (exact) mass is 232 g/mol. The van der Waals surface area contributed by atoms with Crippen molar-refractivity contribution in [2.45, 2.75) is 24.6 Å². The Morgan fingerprint density at radius 2 is 2.27 bits per heavy atom. The van der Waals surface area contributed by atoms with Crippen molar-refractivity contribution in [1.82, 2.24) is 5.43 Å². The van der Waals surface area contributed by atoms with Gasteiger partial charge in [0, 0.05) is 12.3 Å². The number of hydrazine groups is 1. The summed E-state index contributed by atoms with van der Waals surface area (Å²) in [5, 5.41) is -0.530. The van der Waals surface area contributed by atoms with Crippen molar-refractivity contribution < 1.29 is 12.8 Å². The average molecular weight is 232 g/mol. The van der Waals surface area contributed by atoms with Gasteiger partial charge in [-0.1, -0.05) is 0 Å². The maximum Gasteiger partial charge on any atom is 0.151 e. The Kier molecular flexibility index (Phi) is 3.90. The van der Waals surface area contributed by atoms with Gasteiger partial charge in [-0.3, -0.25) is 11.3 Å². The highest BCUT2D eigenvalue weighted by molar-refractivity contribution is 7.91. The zero-order valence-corrected chi connectivity index (χ0v) is 9.62. The second-order valence-corrected chi connectivity index (χ2v) is 6.05. The molecule has 0 fully saturated rings. The Bertz CT molecular complexity index is 385. The second kappa shape index (κ2) is 4.78. The third-order valence-corrected chi connectivity index (χ3v) is 4.17. The minimum Gasteiger partial charge on any atom is -0.472 e. The predicted molar refractivity (Wildman–Crippen MR) is 57.8 cm³/mol. The van der Waals surface area contributed by atoms with Crippen molar-refractivity contribution in [2.75, 3.05) is 6.26 Å². The highest BCUT2D eigenvalue weighted by Gasteiger charge is 2.25. The Hall–Kier alpha value is -0.850. The van der Waals surface area contributed by atoms with Crippen LogP contribution in [0.1, 0.15) is 12.5 Å². The minimum absolute atomic E-state index is 0.308. The van der Waals surface area contributed by atoms with Gasteiger partial charge in [-0.15, -0.1) is 0 Å². The summed E-state index contributed by atoms with van der Waals surface area (Å²) in [7, 11) is -3.09. The molecule has 0 amide bonds. The van der Waals surface area contributed by atoms with Crippen LogP contribution in [0.2, 0.25) is 0 Å². The van der Waals surface area contributed by atoms with Crippen molar-refractivity contribution in [3.8, 4) is 0 Å². The summed E-state index contributed by atoms with van der Waals surface area (Å²) in [5.74, 6) is 5.34. The first-order chi connectivity index (χ1) is 6.95. The molecule has 0 saturated heterocycles. The van der Waals surface area contributed by atoms with Crippen LogP contribution in [0, 0.1) is 0 Å². The number of sulfone groups is 1. The van der Waals surface area contributed by atoms with Crippen LogP contribution in [-0.2, 0) is 16.3 Å². The lowest BCUT2D eigenvalue weighted by atomic mass is 10.1. The summed E-state index contributed by atoms with van der Waals surface area (Å²) in [6, 6.07) is 1.48. The van der Waals surface area contributed by atoms with E-state index in [1.807, 2.05) is 0 Å². The molecule has 0 aliphatic heterocycles. The summed E-state index contributed by atoms with van der Waals surface area (Å²) >= 11 is 0. The van der Waals surface area contributed by atoms with Crippen molar-refractivity contribution in [2.24, 2.45) is 5.84 Å². The zero-order chi connectivity index (χ0) is 11.5. The molecule has 15 heavy (non-hydrogen) atoms. The van der Waals surface area contributed by atoms with Gasteiger partial charge in [-0.05, 0) is 25.0 Å². The molecule has 5 nitrogen and oxygen atoms in total. The number of rotatable bonds is 5. The second-order valence-electron chi connectivity index (χ2n) is 3.64. The summed E-state index contributed by atoms with van der Waals surface area (Å²) in [4.78, 5) is 0. The molecule has 0 aliphatic rings. The standard InChI is InChI=1S/C9H16N2O3S/c1-7(15(2,12)13)9(11-10)5-8-3-4-14-6-8/h3-4,6-7,9,11H,5,10H2,1-2H3. The molecule has 0 radical (unpaired) electrons. The Balaban J connectivity index is 2.73. The van der Waals surface area contributed by atoms with Gasteiger partial charge >= 0.3 is 0 Å². The molecule has 0 saturated carbocycles. The van der Waals surface area contributed by atoms with E-state index >= 15 is 0 Å². The highest BCUT2D eigenvalue weighted by atomic mass is 32.2. The van der Waals surface area contributed by atoms with E-state index in [0.29, 0.717) is 6.42 Å².